The number of nitrogens with one attached hydrogen (secondary N) is 1. The molecule has 0 bridgehead atoms. The summed E-state index contributed by atoms with van der Waals surface area (Å²) in [5.41, 5.74) is 2.42. The fourth-order valence-corrected chi connectivity index (χ4v) is 5.15. The molecular weight excluding hydrogens is 434 g/mol. The summed E-state index contributed by atoms with van der Waals surface area (Å²) in [6, 6.07) is 13.1. The molecule has 0 aliphatic carbocycles. The second-order valence-electron chi connectivity index (χ2n) is 8.51. The molecule has 0 aromatic heterocycles. The third-order valence-electron chi connectivity index (χ3n) is 5.37. The number of carboxylic acid groups (broad SMARTS) is 1. The van der Waals surface area contributed by atoms with Crippen LogP contribution >= 0.6 is 11.8 Å². The number of carboxylic acids is 1. The van der Waals surface area contributed by atoms with Crippen LogP contribution in [0.4, 0.5) is 11.4 Å². The number of nitrogens with zero attached hydrogens (tertiary/aromatic N) is 2. The summed E-state index contributed by atoms with van der Waals surface area (Å²) in [5.74, 6) is -1.17. The van der Waals surface area contributed by atoms with E-state index in [9.17, 15) is 18.3 Å². The topological polar surface area (TPSA) is 90.0 Å². The van der Waals surface area contributed by atoms with Gasteiger partial charge in [-0.15, -0.1) is 11.8 Å². The van der Waals surface area contributed by atoms with Gasteiger partial charge in [0.15, 0.2) is 0 Å². The average molecular weight is 464 g/mol. The number of benzene rings is 2. The van der Waals surface area contributed by atoms with E-state index in [4.69, 9.17) is 0 Å². The van der Waals surface area contributed by atoms with Crippen molar-refractivity contribution in [3.05, 3.63) is 53.6 Å². The van der Waals surface area contributed by atoms with Gasteiger partial charge in [0.25, 0.3) is 0 Å². The maximum atomic E-state index is 12.9. The third kappa shape index (κ3) is 5.53. The van der Waals surface area contributed by atoms with Crippen molar-refractivity contribution in [2.24, 2.45) is 0 Å². The molecule has 3 rings (SSSR count). The molecule has 168 valence electrons. The van der Waals surface area contributed by atoms with E-state index in [1.807, 2.05) is 6.26 Å². The minimum atomic E-state index is -3.86. The molecule has 2 aromatic carbocycles. The summed E-state index contributed by atoms with van der Waals surface area (Å²) in [7, 11) is -3.86. The number of anilines is 2. The zero-order valence-corrected chi connectivity index (χ0v) is 19.9. The predicted molar refractivity (Wildman–Crippen MR) is 127 cm³/mol. The van der Waals surface area contributed by atoms with Crippen molar-refractivity contribution >= 4 is 39.3 Å². The summed E-state index contributed by atoms with van der Waals surface area (Å²) in [6.45, 7) is 8.28. The first-order chi connectivity index (χ1) is 14.5. The second-order valence-corrected chi connectivity index (χ2v) is 11.1. The Balaban J connectivity index is 1.68. The highest BCUT2D eigenvalue weighted by molar-refractivity contribution is 7.98. The van der Waals surface area contributed by atoms with Gasteiger partial charge in [-0.1, -0.05) is 32.9 Å². The predicted octanol–water partition coefficient (Wildman–Crippen LogP) is 3.88. The zero-order valence-electron chi connectivity index (χ0n) is 18.3. The smallest absolute Gasteiger partial charge is 0.337 e. The highest BCUT2D eigenvalue weighted by Crippen LogP contribution is 2.27. The van der Waals surface area contributed by atoms with Crippen LogP contribution in [0.5, 0.6) is 0 Å². The second kappa shape index (κ2) is 9.10. The van der Waals surface area contributed by atoms with E-state index >= 15 is 0 Å². The molecule has 7 nitrogen and oxygen atoms in total. The van der Waals surface area contributed by atoms with Gasteiger partial charge in [-0.2, -0.15) is 12.7 Å². The molecule has 2 aromatic rings. The molecule has 0 radical (unpaired) electrons. The van der Waals surface area contributed by atoms with E-state index in [2.05, 4.69) is 54.7 Å². The number of carbonyl (C=O) groups is 1. The van der Waals surface area contributed by atoms with E-state index in [1.54, 1.807) is 6.07 Å². The number of aromatic carboxylic acids is 1. The van der Waals surface area contributed by atoms with Gasteiger partial charge in [0.1, 0.15) is 0 Å². The van der Waals surface area contributed by atoms with Gasteiger partial charge in [0.05, 0.1) is 11.3 Å². The van der Waals surface area contributed by atoms with Crippen LogP contribution in [0.3, 0.4) is 0 Å². The molecule has 0 amide bonds. The number of piperazine rings is 1. The van der Waals surface area contributed by atoms with Crippen LogP contribution in [-0.2, 0) is 15.6 Å². The van der Waals surface area contributed by atoms with Crippen molar-refractivity contribution in [2.45, 2.75) is 31.1 Å². The minimum absolute atomic E-state index is 0.0620. The molecule has 1 heterocycles. The first-order valence-corrected chi connectivity index (χ1v) is 12.7. The third-order valence-corrected chi connectivity index (χ3v) is 7.62. The first kappa shape index (κ1) is 23.4. The Hall–Kier alpha value is -2.23. The van der Waals surface area contributed by atoms with Crippen LogP contribution in [-0.4, -0.2) is 56.2 Å². The van der Waals surface area contributed by atoms with Crippen molar-refractivity contribution in [1.82, 2.24) is 4.31 Å². The van der Waals surface area contributed by atoms with Gasteiger partial charge in [-0.05, 0) is 47.6 Å². The molecule has 0 atom stereocenters. The molecule has 1 aliphatic heterocycles. The fourth-order valence-electron chi connectivity index (χ4n) is 3.48. The quantitative estimate of drug-likeness (QED) is 0.632. The molecule has 0 saturated carbocycles. The Morgan fingerprint density at radius 2 is 1.65 bits per heavy atom. The first-order valence-electron chi connectivity index (χ1n) is 10.1. The van der Waals surface area contributed by atoms with Gasteiger partial charge in [0, 0.05) is 36.8 Å². The van der Waals surface area contributed by atoms with Crippen LogP contribution in [0.15, 0.2) is 47.4 Å². The van der Waals surface area contributed by atoms with E-state index in [0.29, 0.717) is 26.2 Å². The van der Waals surface area contributed by atoms with Gasteiger partial charge < -0.3 is 10.0 Å². The highest BCUT2D eigenvalue weighted by atomic mass is 32.2. The Labute approximate surface area is 188 Å². The van der Waals surface area contributed by atoms with Gasteiger partial charge in [-0.25, -0.2) is 4.79 Å². The molecule has 1 fully saturated rings. The van der Waals surface area contributed by atoms with Gasteiger partial charge in [0.2, 0.25) is 0 Å². The van der Waals surface area contributed by atoms with Crippen LogP contribution in [0.2, 0.25) is 0 Å². The molecule has 2 N–H and O–H groups in total. The largest absolute Gasteiger partial charge is 0.478 e. The summed E-state index contributed by atoms with van der Waals surface area (Å²) < 4.78 is 29.6. The number of thioether (sulfide) groups is 1. The maximum Gasteiger partial charge on any atom is 0.337 e. The summed E-state index contributed by atoms with van der Waals surface area (Å²) in [6.07, 6.45) is 1.83. The SMILES string of the molecule is CSc1ccc(NS(=O)(=O)N2CCN(c3ccc(C(C)(C)C)cc3)CC2)c(C(=O)O)c1. The Morgan fingerprint density at radius 3 is 2.16 bits per heavy atom. The molecule has 1 aliphatic rings. The van der Waals surface area contributed by atoms with Crippen LogP contribution in [0.1, 0.15) is 36.7 Å². The summed E-state index contributed by atoms with van der Waals surface area (Å²) in [4.78, 5) is 14.5. The lowest BCUT2D eigenvalue weighted by atomic mass is 9.87. The van der Waals surface area contributed by atoms with Crippen molar-refractivity contribution < 1.29 is 18.3 Å². The molecule has 9 heteroatoms. The summed E-state index contributed by atoms with van der Waals surface area (Å²) >= 11 is 1.40. The molecular formula is C22H29N3O4S2. The maximum absolute atomic E-state index is 12.9. The van der Waals surface area contributed by atoms with E-state index in [-0.39, 0.29) is 16.7 Å². The fraction of sp³-hybridized carbons (Fsp3) is 0.409. The Bertz CT molecular complexity index is 1040. The van der Waals surface area contributed by atoms with E-state index < -0.39 is 16.2 Å². The van der Waals surface area contributed by atoms with Crippen LogP contribution < -0.4 is 9.62 Å². The minimum Gasteiger partial charge on any atom is -0.478 e. The number of hydrogen-bond acceptors (Lipinski definition) is 5. The monoisotopic (exact) mass is 463 g/mol. The van der Waals surface area contributed by atoms with Crippen LogP contribution in [0.25, 0.3) is 0 Å². The molecule has 0 spiro atoms. The lowest BCUT2D eigenvalue weighted by Gasteiger charge is -2.35. The lowest BCUT2D eigenvalue weighted by molar-refractivity contribution is 0.0697. The van der Waals surface area contributed by atoms with Crippen molar-refractivity contribution in [3.8, 4) is 0 Å². The van der Waals surface area contributed by atoms with E-state index in [1.165, 1.54) is 33.8 Å². The normalized spacial score (nSPS) is 15.7. The van der Waals surface area contributed by atoms with Crippen molar-refractivity contribution in [2.75, 3.05) is 42.1 Å². The summed E-state index contributed by atoms with van der Waals surface area (Å²) in [5, 5.41) is 9.46. The Morgan fingerprint density at radius 1 is 1.03 bits per heavy atom. The number of hydrogen-bond donors (Lipinski definition) is 2. The standard InChI is InChI=1S/C22H29N3O4S2/c1-22(2,3)16-5-7-17(8-6-16)24-11-13-25(14-12-24)31(28,29)23-20-10-9-18(30-4)15-19(20)21(26)27/h5-10,15,23H,11-14H2,1-4H3,(H,26,27). The molecule has 0 unspecified atom stereocenters. The van der Waals surface area contributed by atoms with Gasteiger partial charge in [-0.3, -0.25) is 4.72 Å². The highest BCUT2D eigenvalue weighted by Gasteiger charge is 2.28. The van der Waals surface area contributed by atoms with Crippen molar-refractivity contribution in [3.63, 3.8) is 0 Å². The molecule has 31 heavy (non-hydrogen) atoms. The number of rotatable bonds is 6. The van der Waals surface area contributed by atoms with Crippen molar-refractivity contribution in [1.29, 1.82) is 0 Å². The van der Waals surface area contributed by atoms with E-state index in [0.717, 1.165) is 10.6 Å². The zero-order chi connectivity index (χ0) is 22.8. The lowest BCUT2D eigenvalue weighted by Crippen LogP contribution is -2.50. The van der Waals surface area contributed by atoms with Gasteiger partial charge >= 0.3 is 16.2 Å². The Kier molecular flexibility index (Phi) is 6.88. The average Bonchev–Trinajstić information content (AvgIpc) is 2.73. The van der Waals surface area contributed by atoms with Crippen LogP contribution in [0, 0.1) is 0 Å². The molecule has 1 saturated heterocycles.